The summed E-state index contributed by atoms with van der Waals surface area (Å²) in [5, 5.41) is 19.4. The van der Waals surface area contributed by atoms with E-state index in [0.717, 1.165) is 11.8 Å². The van der Waals surface area contributed by atoms with Gasteiger partial charge in [-0.05, 0) is 17.9 Å². The van der Waals surface area contributed by atoms with Crippen LogP contribution in [0.4, 0.5) is 5.82 Å². The Kier molecular flexibility index (Phi) is 5.90. The van der Waals surface area contributed by atoms with E-state index in [4.69, 9.17) is 10.5 Å². The average molecular weight is 360 g/mol. The summed E-state index contributed by atoms with van der Waals surface area (Å²) in [6.07, 6.45) is -0.669. The summed E-state index contributed by atoms with van der Waals surface area (Å²) in [6, 6.07) is 2.62. The van der Waals surface area contributed by atoms with Crippen molar-refractivity contribution in [2.75, 3.05) is 18.1 Å². The minimum absolute atomic E-state index is 0.145. The van der Waals surface area contributed by atoms with Crippen molar-refractivity contribution < 1.29 is 14.9 Å². The Hall–Kier alpha value is -0.873. The number of nitrogen functional groups attached to an aromatic ring is 1. The van der Waals surface area contributed by atoms with Crippen LogP contribution in [0.15, 0.2) is 17.1 Å². The first-order valence-electron chi connectivity index (χ1n) is 7.63. The fourth-order valence-corrected chi connectivity index (χ4v) is 6.32. The maximum atomic E-state index is 12.1. The zero-order chi connectivity index (χ0) is 17.2. The molecule has 0 radical (unpaired) electrons. The highest BCUT2D eigenvalue weighted by molar-refractivity contribution is 8.00. The van der Waals surface area contributed by atoms with Crippen molar-refractivity contribution in [1.29, 1.82) is 0 Å². The first-order valence-corrected chi connectivity index (χ1v) is 12.4. The molecule has 2 heterocycles. The monoisotopic (exact) mass is 359 g/mol. The third kappa shape index (κ3) is 4.57. The van der Waals surface area contributed by atoms with Crippen molar-refractivity contribution >= 4 is 25.7 Å². The normalized spacial score (nSPS) is 28.2. The minimum atomic E-state index is -1.19. The van der Waals surface area contributed by atoms with Crippen LogP contribution in [0, 0.1) is 0 Å². The number of hydrogen-bond acceptors (Lipinski definition) is 7. The van der Waals surface area contributed by atoms with Gasteiger partial charge in [-0.2, -0.15) is 16.7 Å². The second kappa shape index (κ2) is 7.35. The van der Waals surface area contributed by atoms with Crippen molar-refractivity contribution in [2.24, 2.45) is 0 Å². The van der Waals surface area contributed by atoms with Crippen molar-refractivity contribution in [3.63, 3.8) is 0 Å². The fraction of sp³-hybridized carbons (Fsp3) is 0.714. The van der Waals surface area contributed by atoms with Crippen molar-refractivity contribution in [2.45, 2.75) is 49.4 Å². The van der Waals surface area contributed by atoms with Crippen LogP contribution in [-0.2, 0) is 4.74 Å². The number of anilines is 1. The highest BCUT2D eigenvalue weighted by atomic mass is 32.2. The standard InChI is InChI=1S/C14H25N3O4SSi/c1-23(2,3)7-6-22-12-11(19)9(8-18)21-13(12)17-5-4-10(15)16-14(17)20/h4-5,9,11-13,18-19H,6-8H2,1-3H3,(H2,15,16,20)/t9-,11-,12?,13-/m1/s1. The van der Waals surface area contributed by atoms with Crippen LogP contribution in [0.3, 0.4) is 0 Å². The molecule has 2 rings (SSSR count). The van der Waals surface area contributed by atoms with Crippen molar-refractivity contribution in [3.05, 3.63) is 22.7 Å². The fourth-order valence-electron chi connectivity index (χ4n) is 2.39. The van der Waals surface area contributed by atoms with E-state index in [1.807, 2.05) is 0 Å². The lowest BCUT2D eigenvalue weighted by molar-refractivity contribution is -0.0456. The summed E-state index contributed by atoms with van der Waals surface area (Å²) in [7, 11) is -1.19. The van der Waals surface area contributed by atoms with Gasteiger partial charge >= 0.3 is 5.69 Å². The predicted octanol–water partition coefficient (Wildman–Crippen LogP) is 0.516. The van der Waals surface area contributed by atoms with Crippen LogP contribution in [0.25, 0.3) is 0 Å². The number of nitrogens with two attached hydrogens (primary N) is 1. The number of aromatic nitrogens is 2. The van der Waals surface area contributed by atoms with E-state index in [0.29, 0.717) is 0 Å². The molecule has 1 unspecified atom stereocenters. The Labute approximate surface area is 140 Å². The van der Waals surface area contributed by atoms with Crippen LogP contribution < -0.4 is 11.4 Å². The topological polar surface area (TPSA) is 111 Å². The van der Waals surface area contributed by atoms with Gasteiger partial charge in [-0.25, -0.2) is 4.79 Å². The number of hydrogen-bond donors (Lipinski definition) is 3. The van der Waals surface area contributed by atoms with Crippen LogP contribution in [0.1, 0.15) is 6.23 Å². The van der Waals surface area contributed by atoms with Gasteiger partial charge in [0.2, 0.25) is 0 Å². The molecule has 0 amide bonds. The van der Waals surface area contributed by atoms with E-state index in [1.54, 1.807) is 11.8 Å². The molecule has 4 atom stereocenters. The first-order chi connectivity index (χ1) is 10.7. The Morgan fingerprint density at radius 3 is 2.74 bits per heavy atom. The summed E-state index contributed by atoms with van der Waals surface area (Å²) in [4.78, 5) is 15.8. The molecule has 0 saturated carbocycles. The molecular weight excluding hydrogens is 334 g/mol. The van der Waals surface area contributed by atoms with Crippen LogP contribution in [0.2, 0.25) is 25.7 Å². The SMILES string of the molecule is C[Si](C)(C)CCSC1[C@H](n2ccc(N)nc2=O)O[C@H](CO)[C@H]1O. The lowest BCUT2D eigenvalue weighted by Crippen LogP contribution is -2.35. The molecule has 1 aliphatic rings. The number of rotatable bonds is 6. The Balaban J connectivity index is 2.19. The molecule has 4 N–H and O–H groups in total. The molecule has 9 heteroatoms. The molecule has 7 nitrogen and oxygen atoms in total. The Bertz CT molecular complexity index is 592. The molecular formula is C14H25N3O4SSi. The van der Waals surface area contributed by atoms with Crippen LogP contribution in [0.5, 0.6) is 0 Å². The van der Waals surface area contributed by atoms with E-state index < -0.39 is 32.2 Å². The average Bonchev–Trinajstić information content (AvgIpc) is 2.75. The van der Waals surface area contributed by atoms with Gasteiger partial charge in [-0.15, -0.1) is 0 Å². The molecule has 130 valence electrons. The molecule has 0 bridgehead atoms. The third-order valence-corrected chi connectivity index (χ3v) is 7.23. The molecule has 0 aliphatic carbocycles. The Morgan fingerprint density at radius 1 is 1.48 bits per heavy atom. The second-order valence-electron chi connectivity index (χ2n) is 6.93. The zero-order valence-electron chi connectivity index (χ0n) is 13.7. The van der Waals surface area contributed by atoms with Gasteiger partial charge in [-0.1, -0.05) is 19.6 Å². The lowest BCUT2D eigenvalue weighted by atomic mass is 10.2. The summed E-state index contributed by atoms with van der Waals surface area (Å²) < 4.78 is 7.03. The van der Waals surface area contributed by atoms with Gasteiger partial charge in [-0.3, -0.25) is 4.57 Å². The largest absolute Gasteiger partial charge is 0.394 e. The van der Waals surface area contributed by atoms with Gasteiger partial charge < -0.3 is 20.7 Å². The van der Waals surface area contributed by atoms with E-state index in [9.17, 15) is 15.0 Å². The third-order valence-electron chi connectivity index (χ3n) is 3.78. The number of aliphatic hydroxyl groups is 2. The van der Waals surface area contributed by atoms with Crippen molar-refractivity contribution in [3.8, 4) is 0 Å². The first kappa shape index (κ1) is 18.5. The number of aliphatic hydroxyl groups excluding tert-OH is 2. The molecule has 0 aromatic carbocycles. The molecule has 1 fully saturated rings. The van der Waals surface area contributed by atoms with Gasteiger partial charge in [0, 0.05) is 14.3 Å². The molecule has 1 aromatic heterocycles. The van der Waals surface area contributed by atoms with Gasteiger partial charge in [0.15, 0.2) is 6.23 Å². The highest BCUT2D eigenvalue weighted by Gasteiger charge is 2.45. The summed E-state index contributed by atoms with van der Waals surface area (Å²) in [6.45, 7) is 6.58. The second-order valence-corrected chi connectivity index (χ2v) is 13.8. The van der Waals surface area contributed by atoms with E-state index in [-0.39, 0.29) is 17.7 Å². The quantitative estimate of drug-likeness (QED) is 0.635. The Morgan fingerprint density at radius 2 is 2.17 bits per heavy atom. The highest BCUT2D eigenvalue weighted by Crippen LogP contribution is 2.37. The summed E-state index contributed by atoms with van der Waals surface area (Å²) in [5.74, 6) is 1.03. The van der Waals surface area contributed by atoms with Crippen LogP contribution in [-0.4, -0.2) is 57.7 Å². The smallest absolute Gasteiger partial charge is 0.351 e. The van der Waals surface area contributed by atoms with Gasteiger partial charge in [0.05, 0.1) is 18.0 Å². The maximum absolute atomic E-state index is 12.1. The minimum Gasteiger partial charge on any atom is -0.394 e. The lowest BCUT2D eigenvalue weighted by Gasteiger charge is -2.23. The molecule has 1 aliphatic heterocycles. The van der Waals surface area contributed by atoms with E-state index >= 15 is 0 Å². The molecule has 23 heavy (non-hydrogen) atoms. The van der Waals surface area contributed by atoms with E-state index in [1.165, 1.54) is 16.8 Å². The van der Waals surface area contributed by atoms with Gasteiger partial charge in [0.1, 0.15) is 11.9 Å². The number of nitrogens with zero attached hydrogens (tertiary/aromatic N) is 2. The maximum Gasteiger partial charge on any atom is 0.351 e. The van der Waals surface area contributed by atoms with E-state index in [2.05, 4.69) is 24.6 Å². The predicted molar refractivity (Wildman–Crippen MR) is 94.3 cm³/mol. The van der Waals surface area contributed by atoms with Crippen molar-refractivity contribution in [1.82, 2.24) is 9.55 Å². The van der Waals surface area contributed by atoms with Gasteiger partial charge in [0.25, 0.3) is 0 Å². The number of thioether (sulfide) groups is 1. The van der Waals surface area contributed by atoms with Crippen LogP contribution >= 0.6 is 11.8 Å². The number of ether oxygens (including phenoxy) is 1. The summed E-state index contributed by atoms with van der Waals surface area (Å²) in [5.41, 5.74) is 5.00. The zero-order valence-corrected chi connectivity index (χ0v) is 15.5. The summed E-state index contributed by atoms with van der Waals surface area (Å²) >= 11 is 1.58. The molecule has 1 saturated heterocycles. The molecule has 1 aromatic rings. The molecule has 0 spiro atoms.